The number of aryl methyl sites for hydroxylation is 1. The number of carbonyl (C=O) groups is 1. The first-order valence-electron chi connectivity index (χ1n) is 6.35. The van der Waals surface area contributed by atoms with Gasteiger partial charge >= 0.3 is 0 Å². The van der Waals surface area contributed by atoms with E-state index in [2.05, 4.69) is 11.8 Å². The van der Waals surface area contributed by atoms with Gasteiger partial charge in [-0.3, -0.25) is 4.79 Å². The molecule has 3 N–H and O–H groups in total. The Labute approximate surface area is 117 Å². The minimum atomic E-state index is 0.0462. The summed E-state index contributed by atoms with van der Waals surface area (Å²) < 4.78 is 0. The normalized spacial score (nSPS) is 18.3. The van der Waals surface area contributed by atoms with Gasteiger partial charge in [0.2, 0.25) is 0 Å². The van der Waals surface area contributed by atoms with Crippen LogP contribution in [0.15, 0.2) is 6.07 Å². The fraction of sp³-hybridized carbons (Fsp3) is 0.500. The summed E-state index contributed by atoms with van der Waals surface area (Å²) in [7, 11) is 0. The molecule has 5 heteroatoms. The zero-order valence-corrected chi connectivity index (χ0v) is 11.8. The highest BCUT2D eigenvalue weighted by Gasteiger charge is 2.27. The summed E-state index contributed by atoms with van der Waals surface area (Å²) in [6, 6.07) is 1.89. The minimum absolute atomic E-state index is 0.0462. The van der Waals surface area contributed by atoms with Crippen LogP contribution in [0.5, 0.6) is 0 Å². The van der Waals surface area contributed by atoms with Crippen molar-refractivity contribution >= 4 is 17.2 Å². The highest BCUT2D eigenvalue weighted by atomic mass is 32.1. The summed E-state index contributed by atoms with van der Waals surface area (Å²) in [6.45, 7) is 3.81. The summed E-state index contributed by atoms with van der Waals surface area (Å²) in [4.78, 5) is 15.8. The summed E-state index contributed by atoms with van der Waals surface area (Å²) >= 11 is 1.42. The predicted molar refractivity (Wildman–Crippen MR) is 76.1 cm³/mol. The molecule has 2 rings (SSSR count). The van der Waals surface area contributed by atoms with Crippen molar-refractivity contribution in [1.82, 2.24) is 4.90 Å². The van der Waals surface area contributed by atoms with Gasteiger partial charge in [0.25, 0.3) is 5.91 Å². The van der Waals surface area contributed by atoms with Crippen LogP contribution in [-0.2, 0) is 0 Å². The molecule has 1 amide bonds. The monoisotopic (exact) mass is 278 g/mol. The third kappa shape index (κ3) is 3.16. The number of carbonyl (C=O) groups excluding carboxylic acids is 1. The topological polar surface area (TPSA) is 66.6 Å². The van der Waals surface area contributed by atoms with Gasteiger partial charge in [-0.15, -0.1) is 11.3 Å². The zero-order valence-electron chi connectivity index (χ0n) is 11.0. The lowest BCUT2D eigenvalue weighted by Crippen LogP contribution is -2.28. The molecular formula is C14H18N2O2S. The van der Waals surface area contributed by atoms with Crippen molar-refractivity contribution < 1.29 is 9.90 Å². The van der Waals surface area contributed by atoms with Crippen molar-refractivity contribution in [1.29, 1.82) is 0 Å². The molecule has 1 aliphatic rings. The van der Waals surface area contributed by atoms with Crippen molar-refractivity contribution in [3.05, 3.63) is 21.4 Å². The smallest absolute Gasteiger partial charge is 0.263 e. The van der Waals surface area contributed by atoms with E-state index in [1.54, 1.807) is 0 Å². The van der Waals surface area contributed by atoms with E-state index in [0.717, 1.165) is 28.3 Å². The number of thiophene rings is 1. The standard InChI is InChI=1S/C14H18N2O2S/c1-10-7-13(19-12(10)3-2-5-15)14(18)16-6-4-11(8-16)9-17/h7,11,17H,4-6,8-9,15H2,1H3. The van der Waals surface area contributed by atoms with Gasteiger partial charge in [0.05, 0.1) is 16.3 Å². The van der Waals surface area contributed by atoms with Crippen molar-refractivity contribution in [3.63, 3.8) is 0 Å². The first kappa shape index (κ1) is 14.1. The second kappa shape index (κ2) is 6.20. The maximum atomic E-state index is 12.3. The van der Waals surface area contributed by atoms with Gasteiger partial charge in [0.15, 0.2) is 0 Å². The Hall–Kier alpha value is -1.35. The minimum Gasteiger partial charge on any atom is -0.396 e. The summed E-state index contributed by atoms with van der Waals surface area (Å²) in [5.41, 5.74) is 6.38. The molecule has 0 saturated carbocycles. The van der Waals surface area contributed by atoms with Crippen LogP contribution in [0, 0.1) is 24.7 Å². The zero-order chi connectivity index (χ0) is 13.8. The second-order valence-corrected chi connectivity index (χ2v) is 5.77. The number of likely N-dealkylation sites (tertiary alicyclic amines) is 1. The van der Waals surface area contributed by atoms with Crippen LogP contribution in [0.3, 0.4) is 0 Å². The highest BCUT2D eigenvalue weighted by molar-refractivity contribution is 7.14. The number of aliphatic hydroxyl groups excluding tert-OH is 1. The Bertz CT molecular complexity index is 527. The summed E-state index contributed by atoms with van der Waals surface area (Å²) in [5.74, 6) is 6.07. The van der Waals surface area contributed by atoms with Crippen molar-refractivity contribution in [2.45, 2.75) is 13.3 Å². The molecule has 1 unspecified atom stereocenters. The van der Waals surface area contributed by atoms with Gasteiger partial charge in [0.1, 0.15) is 0 Å². The van der Waals surface area contributed by atoms with Crippen molar-refractivity contribution in [3.8, 4) is 11.8 Å². The molecule has 1 aromatic heterocycles. The van der Waals surface area contributed by atoms with E-state index >= 15 is 0 Å². The molecule has 1 aliphatic heterocycles. The van der Waals surface area contributed by atoms with E-state index in [9.17, 15) is 4.79 Å². The van der Waals surface area contributed by atoms with Crippen LogP contribution in [-0.4, -0.2) is 42.2 Å². The maximum absolute atomic E-state index is 12.3. The molecule has 0 bridgehead atoms. The third-order valence-electron chi connectivity index (χ3n) is 3.26. The average molecular weight is 278 g/mol. The largest absolute Gasteiger partial charge is 0.396 e. The Morgan fingerprint density at radius 1 is 1.68 bits per heavy atom. The van der Waals surface area contributed by atoms with E-state index in [1.165, 1.54) is 11.3 Å². The number of hydrogen-bond acceptors (Lipinski definition) is 4. The molecule has 1 fully saturated rings. The molecule has 1 saturated heterocycles. The van der Waals surface area contributed by atoms with Crippen LogP contribution in [0.4, 0.5) is 0 Å². The lowest BCUT2D eigenvalue weighted by atomic mass is 10.1. The maximum Gasteiger partial charge on any atom is 0.263 e. The Kier molecular flexibility index (Phi) is 4.59. The van der Waals surface area contributed by atoms with Gasteiger partial charge < -0.3 is 15.7 Å². The quantitative estimate of drug-likeness (QED) is 0.787. The van der Waals surface area contributed by atoms with Crippen LogP contribution < -0.4 is 5.73 Å². The van der Waals surface area contributed by atoms with Gasteiger partial charge in [-0.25, -0.2) is 0 Å². The second-order valence-electron chi connectivity index (χ2n) is 4.72. The van der Waals surface area contributed by atoms with Crippen molar-refractivity contribution in [2.75, 3.05) is 26.2 Å². The molecular weight excluding hydrogens is 260 g/mol. The van der Waals surface area contributed by atoms with Gasteiger partial charge in [-0.1, -0.05) is 11.8 Å². The van der Waals surface area contributed by atoms with Crippen LogP contribution in [0.1, 0.15) is 26.5 Å². The third-order valence-corrected chi connectivity index (χ3v) is 4.40. The van der Waals surface area contributed by atoms with Gasteiger partial charge in [-0.05, 0) is 25.0 Å². The number of hydrogen-bond donors (Lipinski definition) is 2. The molecule has 1 atom stereocenters. The number of rotatable bonds is 2. The van der Waals surface area contributed by atoms with Crippen molar-refractivity contribution in [2.24, 2.45) is 11.7 Å². The number of aliphatic hydroxyl groups is 1. The van der Waals surface area contributed by atoms with Crippen LogP contribution in [0.25, 0.3) is 0 Å². The molecule has 19 heavy (non-hydrogen) atoms. The lowest BCUT2D eigenvalue weighted by molar-refractivity contribution is 0.0786. The van der Waals surface area contributed by atoms with E-state index in [4.69, 9.17) is 10.8 Å². The molecule has 0 aliphatic carbocycles. The van der Waals surface area contributed by atoms with E-state index in [1.807, 2.05) is 17.9 Å². The number of nitrogens with zero attached hydrogens (tertiary/aromatic N) is 1. The molecule has 0 spiro atoms. The highest BCUT2D eigenvalue weighted by Crippen LogP contribution is 2.25. The first-order valence-corrected chi connectivity index (χ1v) is 7.17. The van der Waals surface area contributed by atoms with E-state index in [-0.39, 0.29) is 18.4 Å². The fourth-order valence-corrected chi connectivity index (χ4v) is 3.18. The molecule has 4 nitrogen and oxygen atoms in total. The lowest BCUT2D eigenvalue weighted by Gasteiger charge is -2.14. The number of amides is 1. The Balaban J connectivity index is 2.12. The predicted octanol–water partition coefficient (Wildman–Crippen LogP) is 0.821. The summed E-state index contributed by atoms with van der Waals surface area (Å²) in [6.07, 6.45) is 0.881. The Morgan fingerprint density at radius 2 is 2.47 bits per heavy atom. The first-order chi connectivity index (χ1) is 9.15. The average Bonchev–Trinajstić information content (AvgIpc) is 3.02. The molecule has 102 valence electrons. The molecule has 1 aromatic rings. The molecule has 0 aromatic carbocycles. The van der Waals surface area contributed by atoms with Crippen LogP contribution in [0.2, 0.25) is 0 Å². The van der Waals surface area contributed by atoms with Gasteiger partial charge in [0, 0.05) is 25.6 Å². The van der Waals surface area contributed by atoms with E-state index in [0.29, 0.717) is 13.1 Å². The van der Waals surface area contributed by atoms with Gasteiger partial charge in [-0.2, -0.15) is 0 Å². The fourth-order valence-electron chi connectivity index (χ4n) is 2.16. The SMILES string of the molecule is Cc1cc(C(=O)N2CCC(CO)C2)sc1C#CCN. The molecule has 0 radical (unpaired) electrons. The Morgan fingerprint density at radius 3 is 3.11 bits per heavy atom. The summed E-state index contributed by atoms with van der Waals surface area (Å²) in [5, 5.41) is 9.12. The molecule has 2 heterocycles. The van der Waals surface area contributed by atoms with Crippen LogP contribution >= 0.6 is 11.3 Å². The number of nitrogens with two attached hydrogens (primary N) is 1. The van der Waals surface area contributed by atoms with E-state index < -0.39 is 0 Å².